The summed E-state index contributed by atoms with van der Waals surface area (Å²) in [4.78, 5) is 0. The molecule has 2 bridgehead atoms. The predicted molar refractivity (Wildman–Crippen MR) is 89.1 cm³/mol. The van der Waals surface area contributed by atoms with Crippen LogP contribution in [0.2, 0.25) is 0 Å². The van der Waals surface area contributed by atoms with Crippen molar-refractivity contribution >= 4 is 22.6 Å². The first kappa shape index (κ1) is 14.8. The van der Waals surface area contributed by atoms with Gasteiger partial charge in [-0.25, -0.2) is 0 Å². The lowest BCUT2D eigenvalue weighted by Crippen LogP contribution is -2.44. The van der Waals surface area contributed by atoms with Crippen LogP contribution in [0.5, 0.6) is 0 Å². The Kier molecular flexibility index (Phi) is 3.89. The quantitative estimate of drug-likeness (QED) is 0.566. The van der Waals surface area contributed by atoms with Gasteiger partial charge in [0.05, 0.1) is 23.9 Å². The van der Waals surface area contributed by atoms with E-state index in [-0.39, 0.29) is 17.3 Å². The fourth-order valence-corrected chi connectivity index (χ4v) is 5.64. The van der Waals surface area contributed by atoms with E-state index < -0.39 is 0 Å². The molecule has 0 aromatic heterocycles. The minimum absolute atomic E-state index is 0.0106. The van der Waals surface area contributed by atoms with E-state index in [1.807, 2.05) is 6.07 Å². The van der Waals surface area contributed by atoms with Crippen molar-refractivity contribution in [2.24, 2.45) is 5.92 Å². The number of fused-ring (bicyclic) bond motifs is 2. The average Bonchev–Trinajstić information content (AvgIpc) is 2.85. The summed E-state index contributed by atoms with van der Waals surface area (Å²) in [5, 5.41) is 0. The molecule has 0 amide bonds. The Balaban J connectivity index is 1.71. The molecule has 4 atom stereocenters. The lowest BCUT2D eigenvalue weighted by atomic mass is 9.75. The molecule has 0 unspecified atom stereocenters. The van der Waals surface area contributed by atoms with Gasteiger partial charge in [0.25, 0.3) is 0 Å². The Hall–Kier alpha value is -0.130. The maximum absolute atomic E-state index is 6.49. The summed E-state index contributed by atoms with van der Waals surface area (Å²) in [6.07, 6.45) is 2.35. The molecule has 2 nitrogen and oxygen atoms in total. The van der Waals surface area contributed by atoms with Crippen LogP contribution in [-0.4, -0.2) is 21.2 Å². The molecule has 1 aromatic rings. The zero-order valence-corrected chi connectivity index (χ0v) is 14.6. The van der Waals surface area contributed by atoms with Gasteiger partial charge in [-0.15, -0.1) is 0 Å². The van der Waals surface area contributed by atoms with E-state index in [0.29, 0.717) is 16.4 Å². The standard InChI is InChI=1S/C17H23IO2/c1-12(2)17-10-15(16(3,20-17)9-14(17)18)19-11-13-7-5-4-6-8-13/h4-8,12,14-15H,9-11H2,1-3H3/t14-,15+,16-,17+/m1/s1. The van der Waals surface area contributed by atoms with Crippen molar-refractivity contribution in [2.45, 2.75) is 61.5 Å². The number of halogens is 1. The van der Waals surface area contributed by atoms with E-state index >= 15 is 0 Å². The van der Waals surface area contributed by atoms with Gasteiger partial charge in [0.15, 0.2) is 0 Å². The number of benzene rings is 1. The molecule has 3 rings (SSSR count). The number of rotatable bonds is 4. The molecule has 3 heteroatoms. The first-order valence-electron chi connectivity index (χ1n) is 7.46. The lowest BCUT2D eigenvalue weighted by molar-refractivity contribution is -0.0954. The Labute approximate surface area is 135 Å². The van der Waals surface area contributed by atoms with Crippen LogP contribution in [0.25, 0.3) is 0 Å². The molecule has 20 heavy (non-hydrogen) atoms. The second kappa shape index (κ2) is 5.25. The van der Waals surface area contributed by atoms with E-state index in [2.05, 4.69) is 67.6 Å². The summed E-state index contributed by atoms with van der Waals surface area (Å²) in [6, 6.07) is 10.4. The minimum atomic E-state index is -0.106. The SMILES string of the molecule is CC(C)[C@@]12C[C@H](OCc3ccccc3)[C@@](C)(C[C@H]1I)O2. The first-order chi connectivity index (χ1) is 9.46. The van der Waals surface area contributed by atoms with Crippen LogP contribution in [0.15, 0.2) is 30.3 Å². The molecule has 1 aromatic carbocycles. The second-order valence-electron chi connectivity index (χ2n) is 6.69. The summed E-state index contributed by atoms with van der Waals surface area (Å²) in [5.41, 5.74) is 1.14. The first-order valence-corrected chi connectivity index (χ1v) is 8.71. The Bertz CT molecular complexity index is 475. The summed E-state index contributed by atoms with van der Waals surface area (Å²) in [7, 11) is 0. The van der Waals surface area contributed by atoms with Crippen molar-refractivity contribution in [3.8, 4) is 0 Å². The van der Waals surface area contributed by atoms with E-state index in [1.165, 1.54) is 5.56 Å². The number of hydrogen-bond donors (Lipinski definition) is 0. The largest absolute Gasteiger partial charge is 0.370 e. The maximum Gasteiger partial charge on any atom is 0.0935 e. The highest BCUT2D eigenvalue weighted by Crippen LogP contribution is 2.57. The van der Waals surface area contributed by atoms with Crippen LogP contribution in [0.3, 0.4) is 0 Å². The monoisotopic (exact) mass is 386 g/mol. The molecule has 0 aliphatic carbocycles. The molecular formula is C17H23IO2. The molecule has 2 aliphatic rings. The Morgan fingerprint density at radius 3 is 2.60 bits per heavy atom. The van der Waals surface area contributed by atoms with Gasteiger partial charge in [-0.1, -0.05) is 66.8 Å². The van der Waals surface area contributed by atoms with Crippen LogP contribution >= 0.6 is 22.6 Å². The maximum atomic E-state index is 6.49. The molecule has 2 fully saturated rings. The highest BCUT2D eigenvalue weighted by atomic mass is 127. The third kappa shape index (κ3) is 2.32. The van der Waals surface area contributed by atoms with Crippen LogP contribution in [0.4, 0.5) is 0 Å². The van der Waals surface area contributed by atoms with Gasteiger partial charge < -0.3 is 9.47 Å². The molecule has 0 radical (unpaired) electrons. The third-order valence-corrected chi connectivity index (χ3v) is 6.49. The fourth-order valence-electron chi connectivity index (χ4n) is 3.66. The number of ether oxygens (including phenoxy) is 2. The summed E-state index contributed by atoms with van der Waals surface area (Å²) in [6.45, 7) is 7.46. The van der Waals surface area contributed by atoms with Crippen molar-refractivity contribution in [3.05, 3.63) is 35.9 Å². The zero-order valence-electron chi connectivity index (χ0n) is 12.4. The van der Waals surface area contributed by atoms with Crippen molar-refractivity contribution in [2.75, 3.05) is 0 Å². The van der Waals surface area contributed by atoms with Gasteiger partial charge in [-0.3, -0.25) is 0 Å². The molecule has 0 N–H and O–H groups in total. The normalized spacial score (nSPS) is 39.6. The number of alkyl halides is 1. The van der Waals surface area contributed by atoms with Gasteiger partial charge in [-0.2, -0.15) is 0 Å². The van der Waals surface area contributed by atoms with Gasteiger partial charge in [0.1, 0.15) is 0 Å². The summed E-state index contributed by atoms with van der Waals surface area (Å²) < 4.78 is 13.3. The van der Waals surface area contributed by atoms with E-state index in [4.69, 9.17) is 9.47 Å². The molecule has 0 spiro atoms. The third-order valence-electron chi connectivity index (χ3n) is 4.99. The molecule has 2 aliphatic heterocycles. The fraction of sp³-hybridized carbons (Fsp3) is 0.647. The molecule has 0 saturated carbocycles. The average molecular weight is 386 g/mol. The Morgan fingerprint density at radius 1 is 1.30 bits per heavy atom. The van der Waals surface area contributed by atoms with Crippen molar-refractivity contribution in [1.82, 2.24) is 0 Å². The van der Waals surface area contributed by atoms with E-state index in [0.717, 1.165) is 12.8 Å². The highest BCUT2D eigenvalue weighted by molar-refractivity contribution is 14.1. The van der Waals surface area contributed by atoms with Crippen LogP contribution < -0.4 is 0 Å². The predicted octanol–water partition coefficient (Wildman–Crippen LogP) is 4.35. The molecule has 2 saturated heterocycles. The highest BCUT2D eigenvalue weighted by Gasteiger charge is 2.65. The summed E-state index contributed by atoms with van der Waals surface area (Å²) in [5.74, 6) is 0.538. The van der Waals surface area contributed by atoms with Gasteiger partial charge >= 0.3 is 0 Å². The van der Waals surface area contributed by atoms with Crippen LogP contribution in [0.1, 0.15) is 39.2 Å². The Morgan fingerprint density at radius 2 is 2.00 bits per heavy atom. The minimum Gasteiger partial charge on any atom is -0.370 e. The van der Waals surface area contributed by atoms with Crippen LogP contribution in [-0.2, 0) is 16.1 Å². The zero-order chi connectivity index (χ0) is 14.4. The lowest BCUT2D eigenvalue weighted by Gasteiger charge is -2.35. The summed E-state index contributed by atoms with van der Waals surface area (Å²) >= 11 is 2.57. The molecule has 2 heterocycles. The van der Waals surface area contributed by atoms with Gasteiger partial charge in [-0.05, 0) is 24.8 Å². The van der Waals surface area contributed by atoms with Crippen LogP contribution in [0, 0.1) is 5.92 Å². The van der Waals surface area contributed by atoms with Gasteiger partial charge in [0.2, 0.25) is 0 Å². The topological polar surface area (TPSA) is 18.5 Å². The van der Waals surface area contributed by atoms with Crippen molar-refractivity contribution in [3.63, 3.8) is 0 Å². The van der Waals surface area contributed by atoms with Gasteiger partial charge in [0, 0.05) is 10.3 Å². The van der Waals surface area contributed by atoms with E-state index in [1.54, 1.807) is 0 Å². The second-order valence-corrected chi connectivity index (χ2v) is 8.19. The van der Waals surface area contributed by atoms with Crippen molar-refractivity contribution in [1.29, 1.82) is 0 Å². The van der Waals surface area contributed by atoms with Crippen molar-refractivity contribution < 1.29 is 9.47 Å². The smallest absolute Gasteiger partial charge is 0.0935 e. The molecular weight excluding hydrogens is 363 g/mol. The molecule has 110 valence electrons. The number of hydrogen-bond acceptors (Lipinski definition) is 2. The van der Waals surface area contributed by atoms with E-state index in [9.17, 15) is 0 Å².